The zero-order chi connectivity index (χ0) is 14.0. The van der Waals surface area contributed by atoms with Gasteiger partial charge in [0.05, 0.1) is 22.8 Å². The Morgan fingerprint density at radius 1 is 1.32 bits per heavy atom. The molecule has 0 radical (unpaired) electrons. The molecule has 2 rings (SSSR count). The number of hydrogen-bond acceptors (Lipinski definition) is 4. The first-order valence-electron chi connectivity index (χ1n) is 6.01. The Balaban J connectivity index is 2.22. The monoisotopic (exact) mass is 303 g/mol. The maximum Gasteiger partial charge on any atom is 0.346 e. The normalized spacial score (nSPS) is 15.7. The van der Waals surface area contributed by atoms with Crippen molar-refractivity contribution in [3.63, 3.8) is 0 Å². The molecule has 1 saturated heterocycles. The lowest BCUT2D eigenvalue weighted by atomic mass is 10.1. The lowest BCUT2D eigenvalue weighted by Gasteiger charge is -2.34. The minimum atomic E-state index is -0.715. The first kappa shape index (κ1) is 14.3. The van der Waals surface area contributed by atoms with Gasteiger partial charge in [-0.2, -0.15) is 0 Å². The molecule has 1 unspecified atom stereocenters. The highest BCUT2D eigenvalue weighted by Gasteiger charge is 2.22. The second kappa shape index (κ2) is 5.88. The molecule has 0 spiro atoms. The number of carbonyl (C=O) groups is 1. The predicted molar refractivity (Wildman–Crippen MR) is 75.4 cm³/mol. The molecule has 0 saturated carbocycles. The van der Waals surface area contributed by atoms with Gasteiger partial charge in [0.2, 0.25) is 0 Å². The van der Waals surface area contributed by atoms with Crippen LogP contribution < -0.4 is 9.64 Å². The summed E-state index contributed by atoms with van der Waals surface area (Å²) in [6.45, 7) is 3.54. The van der Waals surface area contributed by atoms with Gasteiger partial charge in [0.1, 0.15) is 5.75 Å². The Morgan fingerprint density at radius 2 is 2.00 bits per heavy atom. The average Bonchev–Trinajstić information content (AvgIpc) is 2.31. The van der Waals surface area contributed by atoms with Gasteiger partial charge in [0, 0.05) is 19.2 Å². The maximum absolute atomic E-state index is 11.4. The van der Waals surface area contributed by atoms with E-state index in [1.54, 1.807) is 19.1 Å². The third-order valence-corrected chi connectivity index (χ3v) is 3.63. The Bertz CT molecular complexity index is 489. The Morgan fingerprint density at radius 3 is 2.53 bits per heavy atom. The molecule has 6 heteroatoms. The van der Waals surface area contributed by atoms with Gasteiger partial charge in [0.25, 0.3) is 0 Å². The predicted octanol–water partition coefficient (Wildman–Crippen LogP) is 3.14. The van der Waals surface area contributed by atoms with Crippen LogP contribution in [-0.2, 0) is 9.53 Å². The number of halogens is 2. The van der Waals surface area contributed by atoms with Crippen LogP contribution in [0.3, 0.4) is 0 Å². The van der Waals surface area contributed by atoms with Gasteiger partial charge in [-0.05, 0) is 19.4 Å². The Kier molecular flexibility index (Phi) is 4.42. The summed E-state index contributed by atoms with van der Waals surface area (Å²) in [5.41, 5.74) is 0.879. The molecule has 0 amide bonds. The standard InChI is InChI=1S/C13H15Cl2NO3/c1-8(13(17)18-2)19-12-7-11(16-4-3-5-16)9(14)6-10(12)15/h6-8H,3-5H2,1-2H3. The molecule has 1 aliphatic heterocycles. The molecule has 1 aromatic carbocycles. The van der Waals surface area contributed by atoms with E-state index in [9.17, 15) is 4.79 Å². The molecule has 1 aromatic rings. The maximum atomic E-state index is 11.4. The fraction of sp³-hybridized carbons (Fsp3) is 0.462. The largest absolute Gasteiger partial charge is 0.477 e. The number of anilines is 1. The van der Waals surface area contributed by atoms with Crippen molar-refractivity contribution in [2.45, 2.75) is 19.4 Å². The van der Waals surface area contributed by atoms with Gasteiger partial charge in [-0.25, -0.2) is 4.79 Å². The van der Waals surface area contributed by atoms with Gasteiger partial charge in [-0.15, -0.1) is 0 Å². The van der Waals surface area contributed by atoms with Crippen LogP contribution >= 0.6 is 23.2 Å². The number of ether oxygens (including phenoxy) is 2. The van der Waals surface area contributed by atoms with Crippen molar-refractivity contribution < 1.29 is 14.3 Å². The van der Waals surface area contributed by atoms with Crippen molar-refractivity contribution in [1.29, 1.82) is 0 Å². The fourth-order valence-corrected chi connectivity index (χ4v) is 2.36. The van der Waals surface area contributed by atoms with Crippen LogP contribution in [0.25, 0.3) is 0 Å². The van der Waals surface area contributed by atoms with E-state index in [-0.39, 0.29) is 0 Å². The highest BCUT2D eigenvalue weighted by molar-refractivity contribution is 6.37. The number of nitrogens with zero attached hydrogens (tertiary/aromatic N) is 1. The summed E-state index contributed by atoms with van der Waals surface area (Å²) >= 11 is 12.2. The molecular weight excluding hydrogens is 289 g/mol. The number of carbonyl (C=O) groups excluding carboxylic acids is 1. The first-order valence-corrected chi connectivity index (χ1v) is 6.77. The third-order valence-electron chi connectivity index (χ3n) is 3.03. The average molecular weight is 304 g/mol. The SMILES string of the molecule is COC(=O)C(C)Oc1cc(N2CCC2)c(Cl)cc1Cl. The summed E-state index contributed by atoms with van der Waals surface area (Å²) in [5, 5.41) is 0.966. The van der Waals surface area contributed by atoms with Crippen molar-refractivity contribution in [3.8, 4) is 5.75 Å². The molecule has 1 heterocycles. The smallest absolute Gasteiger partial charge is 0.346 e. The van der Waals surface area contributed by atoms with Gasteiger partial charge < -0.3 is 14.4 Å². The summed E-state index contributed by atoms with van der Waals surface area (Å²) in [4.78, 5) is 13.5. The van der Waals surface area contributed by atoms with Crippen LogP contribution in [0.1, 0.15) is 13.3 Å². The van der Waals surface area contributed by atoms with E-state index in [1.807, 2.05) is 0 Å². The number of hydrogen-bond donors (Lipinski definition) is 0. The molecular formula is C13H15Cl2NO3. The zero-order valence-corrected chi connectivity index (χ0v) is 12.3. The molecule has 1 aliphatic rings. The van der Waals surface area contributed by atoms with E-state index in [0.29, 0.717) is 15.8 Å². The van der Waals surface area contributed by atoms with Crippen molar-refractivity contribution in [3.05, 3.63) is 22.2 Å². The fourth-order valence-electron chi connectivity index (χ4n) is 1.81. The van der Waals surface area contributed by atoms with Crippen LogP contribution in [0.5, 0.6) is 5.75 Å². The topological polar surface area (TPSA) is 38.8 Å². The zero-order valence-electron chi connectivity index (χ0n) is 10.8. The van der Waals surface area contributed by atoms with Gasteiger partial charge in [-0.1, -0.05) is 23.2 Å². The van der Waals surface area contributed by atoms with Crippen molar-refractivity contribution >= 4 is 34.9 Å². The number of rotatable bonds is 4. The van der Waals surface area contributed by atoms with E-state index in [2.05, 4.69) is 9.64 Å². The number of benzene rings is 1. The van der Waals surface area contributed by atoms with Gasteiger partial charge >= 0.3 is 5.97 Å². The highest BCUT2D eigenvalue weighted by Crippen LogP contribution is 2.38. The van der Waals surface area contributed by atoms with Crippen molar-refractivity contribution in [2.24, 2.45) is 0 Å². The van der Waals surface area contributed by atoms with Crippen LogP contribution in [0.15, 0.2) is 12.1 Å². The molecule has 104 valence electrons. The summed E-state index contributed by atoms with van der Waals surface area (Å²) in [6, 6.07) is 3.40. The highest BCUT2D eigenvalue weighted by atomic mass is 35.5. The van der Waals surface area contributed by atoms with Crippen molar-refractivity contribution in [2.75, 3.05) is 25.1 Å². The summed E-state index contributed by atoms with van der Waals surface area (Å²) in [6.07, 6.45) is 0.432. The van der Waals surface area contributed by atoms with Crippen LogP contribution in [-0.4, -0.2) is 32.3 Å². The van der Waals surface area contributed by atoms with E-state index in [0.717, 1.165) is 25.2 Å². The molecule has 19 heavy (non-hydrogen) atoms. The molecule has 1 atom stereocenters. The van der Waals surface area contributed by atoms with Gasteiger partial charge in [-0.3, -0.25) is 0 Å². The summed E-state index contributed by atoms with van der Waals surface area (Å²) < 4.78 is 10.1. The second-order valence-corrected chi connectivity index (χ2v) is 5.17. The summed E-state index contributed by atoms with van der Waals surface area (Å²) in [5.74, 6) is -0.0117. The van der Waals surface area contributed by atoms with E-state index < -0.39 is 12.1 Å². The molecule has 1 fully saturated rings. The van der Waals surface area contributed by atoms with Gasteiger partial charge in [0.15, 0.2) is 6.10 Å². The third kappa shape index (κ3) is 3.07. The molecule has 0 aliphatic carbocycles. The number of methoxy groups -OCH3 is 1. The van der Waals surface area contributed by atoms with Crippen molar-refractivity contribution in [1.82, 2.24) is 0 Å². The minimum absolute atomic E-state index is 0.380. The molecule has 0 aromatic heterocycles. The molecule has 0 bridgehead atoms. The Hall–Kier alpha value is -1.13. The van der Waals surface area contributed by atoms with Crippen LogP contribution in [0.2, 0.25) is 10.0 Å². The number of esters is 1. The lowest BCUT2D eigenvalue weighted by Crippen LogP contribution is -2.37. The van der Waals surface area contributed by atoms with E-state index in [4.69, 9.17) is 27.9 Å². The molecule has 0 N–H and O–H groups in total. The quantitative estimate of drug-likeness (QED) is 0.801. The van der Waals surface area contributed by atoms with E-state index in [1.165, 1.54) is 7.11 Å². The lowest BCUT2D eigenvalue weighted by molar-refractivity contribution is -0.147. The first-order chi connectivity index (χ1) is 9.02. The minimum Gasteiger partial charge on any atom is -0.477 e. The Labute approximate surface area is 122 Å². The second-order valence-electron chi connectivity index (χ2n) is 4.36. The van der Waals surface area contributed by atoms with E-state index >= 15 is 0 Å². The van der Waals surface area contributed by atoms with Crippen LogP contribution in [0.4, 0.5) is 5.69 Å². The molecule has 4 nitrogen and oxygen atoms in total. The summed E-state index contributed by atoms with van der Waals surface area (Å²) in [7, 11) is 1.32. The van der Waals surface area contributed by atoms with Crippen LogP contribution in [0, 0.1) is 0 Å².